The Morgan fingerprint density at radius 1 is 1.25 bits per heavy atom. The van der Waals surface area contributed by atoms with Crippen LogP contribution in [0.2, 0.25) is 0 Å². The third-order valence-electron chi connectivity index (χ3n) is 4.28. The summed E-state index contributed by atoms with van der Waals surface area (Å²) in [5, 5.41) is 28.8. The van der Waals surface area contributed by atoms with Crippen LogP contribution in [-0.2, 0) is 0 Å². The Kier molecular flexibility index (Phi) is 7.40. The largest absolute Gasteiger partial charge is 0.396 e. The Morgan fingerprint density at radius 3 is 2.30 bits per heavy atom. The third-order valence-corrected chi connectivity index (χ3v) is 4.28. The first-order chi connectivity index (χ1) is 9.38. The summed E-state index contributed by atoms with van der Waals surface area (Å²) in [7, 11) is 1.92. The number of likely N-dealkylation sites (N-methyl/N-ethyl adjacent to an activating group) is 1. The van der Waals surface area contributed by atoms with Crippen molar-refractivity contribution in [1.29, 1.82) is 0 Å². The van der Waals surface area contributed by atoms with Gasteiger partial charge in [0.2, 0.25) is 0 Å². The van der Waals surface area contributed by atoms with Gasteiger partial charge in [-0.05, 0) is 38.9 Å². The topological polar surface area (TPSA) is 67.2 Å². The van der Waals surface area contributed by atoms with Gasteiger partial charge in [-0.1, -0.05) is 13.8 Å². The van der Waals surface area contributed by atoms with Crippen LogP contribution < -0.4 is 0 Å². The van der Waals surface area contributed by atoms with E-state index in [2.05, 4.69) is 11.8 Å². The molecule has 1 aliphatic heterocycles. The van der Waals surface area contributed by atoms with Crippen LogP contribution in [-0.4, -0.2) is 84.2 Å². The molecule has 0 bridgehead atoms. The first-order valence-corrected chi connectivity index (χ1v) is 7.69. The summed E-state index contributed by atoms with van der Waals surface area (Å²) in [4.78, 5) is 4.32. The molecule has 0 saturated carbocycles. The summed E-state index contributed by atoms with van der Waals surface area (Å²) in [5.74, 6) is 0.806. The highest BCUT2D eigenvalue weighted by Crippen LogP contribution is 2.17. The molecule has 3 N–H and O–H groups in total. The minimum atomic E-state index is -0.505. The van der Waals surface area contributed by atoms with Crippen LogP contribution in [0.15, 0.2) is 0 Å². The smallest absolute Gasteiger partial charge is 0.0793 e. The summed E-state index contributed by atoms with van der Waals surface area (Å²) < 4.78 is 0. The van der Waals surface area contributed by atoms with E-state index in [-0.39, 0.29) is 19.3 Å². The van der Waals surface area contributed by atoms with E-state index in [1.807, 2.05) is 18.9 Å². The molecule has 0 spiro atoms. The Balaban J connectivity index is 2.29. The minimum Gasteiger partial charge on any atom is -0.396 e. The first-order valence-electron chi connectivity index (χ1n) is 7.69. The van der Waals surface area contributed by atoms with Crippen molar-refractivity contribution in [3.05, 3.63) is 0 Å². The fourth-order valence-corrected chi connectivity index (χ4v) is 2.83. The van der Waals surface area contributed by atoms with Crippen molar-refractivity contribution in [3.8, 4) is 0 Å². The van der Waals surface area contributed by atoms with E-state index in [1.165, 1.54) is 12.8 Å². The van der Waals surface area contributed by atoms with Gasteiger partial charge in [0.05, 0.1) is 19.3 Å². The maximum atomic E-state index is 10.2. The van der Waals surface area contributed by atoms with Crippen molar-refractivity contribution in [2.45, 2.75) is 32.8 Å². The summed E-state index contributed by atoms with van der Waals surface area (Å²) >= 11 is 0. The van der Waals surface area contributed by atoms with Gasteiger partial charge in [0.25, 0.3) is 0 Å². The Labute approximate surface area is 123 Å². The van der Waals surface area contributed by atoms with Gasteiger partial charge in [-0.25, -0.2) is 0 Å². The van der Waals surface area contributed by atoms with Crippen LogP contribution in [0.5, 0.6) is 0 Å². The number of rotatable bonds is 8. The maximum absolute atomic E-state index is 10.2. The highest BCUT2D eigenvalue weighted by atomic mass is 16.3. The molecule has 0 aromatic rings. The molecule has 1 fully saturated rings. The molecule has 1 rings (SSSR count). The van der Waals surface area contributed by atoms with Crippen molar-refractivity contribution in [2.75, 3.05) is 53.0 Å². The maximum Gasteiger partial charge on any atom is 0.0793 e. The summed E-state index contributed by atoms with van der Waals surface area (Å²) in [6.07, 6.45) is 2.06. The van der Waals surface area contributed by atoms with E-state index in [9.17, 15) is 15.3 Å². The monoisotopic (exact) mass is 288 g/mol. The molecule has 0 radical (unpaired) electrons. The fraction of sp³-hybridized carbons (Fsp3) is 1.00. The van der Waals surface area contributed by atoms with Gasteiger partial charge in [-0.2, -0.15) is 0 Å². The lowest BCUT2D eigenvalue weighted by Crippen LogP contribution is -2.45. The van der Waals surface area contributed by atoms with Crippen LogP contribution in [0, 0.1) is 11.3 Å². The van der Waals surface area contributed by atoms with Crippen LogP contribution in [0.3, 0.4) is 0 Å². The molecule has 0 amide bonds. The zero-order valence-electron chi connectivity index (χ0n) is 13.3. The van der Waals surface area contributed by atoms with Gasteiger partial charge in [-0.3, -0.25) is 0 Å². The van der Waals surface area contributed by atoms with Crippen molar-refractivity contribution in [2.24, 2.45) is 11.3 Å². The lowest BCUT2D eigenvalue weighted by atomic mass is 9.92. The first kappa shape index (κ1) is 17.9. The van der Waals surface area contributed by atoms with Gasteiger partial charge in [-0.15, -0.1) is 0 Å². The minimum absolute atomic E-state index is 0.0477. The molecule has 1 unspecified atom stereocenters. The van der Waals surface area contributed by atoms with Gasteiger partial charge < -0.3 is 25.1 Å². The van der Waals surface area contributed by atoms with Gasteiger partial charge in [0.1, 0.15) is 0 Å². The Bertz CT molecular complexity index is 264. The van der Waals surface area contributed by atoms with Crippen LogP contribution in [0.25, 0.3) is 0 Å². The predicted octanol–water partition coefficient (Wildman–Crippen LogP) is 0.00190. The molecule has 120 valence electrons. The zero-order valence-corrected chi connectivity index (χ0v) is 13.3. The Morgan fingerprint density at radius 2 is 1.80 bits per heavy atom. The van der Waals surface area contributed by atoms with E-state index in [4.69, 9.17) is 0 Å². The van der Waals surface area contributed by atoms with E-state index in [0.717, 1.165) is 19.0 Å². The van der Waals surface area contributed by atoms with Crippen molar-refractivity contribution in [3.63, 3.8) is 0 Å². The summed E-state index contributed by atoms with van der Waals surface area (Å²) in [5.41, 5.74) is -0.505. The van der Waals surface area contributed by atoms with Crippen LogP contribution in [0.1, 0.15) is 26.7 Å². The Hall–Kier alpha value is -0.200. The third kappa shape index (κ3) is 6.06. The number of hydrogen-bond acceptors (Lipinski definition) is 5. The number of aliphatic hydroxyl groups excluding tert-OH is 3. The molecular formula is C15H32N2O3. The molecule has 5 heteroatoms. The molecular weight excluding hydrogens is 256 g/mol. The highest BCUT2D eigenvalue weighted by Gasteiger charge is 2.26. The lowest BCUT2D eigenvalue weighted by molar-refractivity contribution is 0.0193. The van der Waals surface area contributed by atoms with Gasteiger partial charge >= 0.3 is 0 Å². The van der Waals surface area contributed by atoms with Crippen LogP contribution in [0.4, 0.5) is 0 Å². The molecule has 1 heterocycles. The van der Waals surface area contributed by atoms with Crippen molar-refractivity contribution < 1.29 is 15.3 Å². The second-order valence-corrected chi connectivity index (χ2v) is 6.96. The molecule has 1 aliphatic rings. The van der Waals surface area contributed by atoms with E-state index in [0.29, 0.717) is 19.6 Å². The van der Waals surface area contributed by atoms with Crippen molar-refractivity contribution in [1.82, 2.24) is 9.80 Å². The highest BCUT2D eigenvalue weighted by molar-refractivity contribution is 4.78. The van der Waals surface area contributed by atoms with E-state index in [1.54, 1.807) is 0 Å². The molecule has 0 aliphatic carbocycles. The second kappa shape index (κ2) is 8.29. The number of β-amino-alcohol motifs (C(OH)–C–C–N with tert-alkyl or cyclic N) is 1. The number of nitrogens with zero attached hydrogens (tertiary/aromatic N) is 2. The molecule has 0 aromatic carbocycles. The quantitative estimate of drug-likeness (QED) is 0.587. The molecule has 20 heavy (non-hydrogen) atoms. The predicted molar refractivity (Wildman–Crippen MR) is 80.6 cm³/mol. The summed E-state index contributed by atoms with van der Waals surface area (Å²) in [6.45, 7) is 8.05. The molecule has 1 saturated heterocycles. The standard InChI is InChI=1S/C15H32N2O3/c1-13-4-6-17(7-5-13)9-14(20)8-16(3)10-15(2,11-18)12-19/h13-14,18-20H,4-12H2,1-3H3. The lowest BCUT2D eigenvalue weighted by Gasteiger charge is -2.34. The SMILES string of the molecule is CC1CCN(CC(O)CN(C)CC(C)(CO)CO)CC1. The number of hydrogen-bond donors (Lipinski definition) is 3. The summed E-state index contributed by atoms with van der Waals surface area (Å²) in [6, 6.07) is 0. The number of aliphatic hydroxyl groups is 3. The van der Waals surface area contributed by atoms with E-state index >= 15 is 0 Å². The number of piperidine rings is 1. The fourth-order valence-electron chi connectivity index (χ4n) is 2.83. The van der Waals surface area contributed by atoms with Gasteiger partial charge in [0, 0.05) is 25.0 Å². The van der Waals surface area contributed by atoms with Crippen LogP contribution >= 0.6 is 0 Å². The molecule has 0 aromatic heterocycles. The van der Waals surface area contributed by atoms with Gasteiger partial charge in [0.15, 0.2) is 0 Å². The number of likely N-dealkylation sites (tertiary alicyclic amines) is 1. The molecule has 5 nitrogen and oxygen atoms in total. The second-order valence-electron chi connectivity index (χ2n) is 6.96. The van der Waals surface area contributed by atoms with E-state index < -0.39 is 5.41 Å². The molecule has 1 atom stereocenters. The zero-order chi connectivity index (χ0) is 15.2. The average Bonchev–Trinajstić information content (AvgIpc) is 2.41. The average molecular weight is 288 g/mol. The normalized spacial score (nSPS) is 20.6. The van der Waals surface area contributed by atoms with Crippen molar-refractivity contribution >= 4 is 0 Å².